The van der Waals surface area contributed by atoms with Crippen molar-refractivity contribution in [3.63, 3.8) is 0 Å². The minimum atomic E-state index is 0.359. The predicted octanol–water partition coefficient (Wildman–Crippen LogP) is 2.37. The van der Waals surface area contributed by atoms with Gasteiger partial charge in [0.05, 0.1) is 12.2 Å². The molecule has 3 rings (SSSR count). The van der Waals surface area contributed by atoms with Gasteiger partial charge in [-0.15, -0.1) is 10.2 Å². The van der Waals surface area contributed by atoms with Crippen molar-refractivity contribution in [3.8, 4) is 0 Å². The van der Waals surface area contributed by atoms with Crippen LogP contribution in [0.25, 0.3) is 0 Å². The average Bonchev–Trinajstić information content (AvgIpc) is 3.19. The monoisotopic (exact) mass is 359 g/mol. The van der Waals surface area contributed by atoms with Crippen LogP contribution >= 0.6 is 0 Å². The fraction of sp³-hybridized carbons (Fsp3) is 0.667. The molecule has 8 heteroatoms. The van der Waals surface area contributed by atoms with E-state index in [1.54, 1.807) is 0 Å². The summed E-state index contributed by atoms with van der Waals surface area (Å²) in [6, 6.07) is 1.99. The number of hydrogen-bond donors (Lipinski definition) is 2. The number of guanidine groups is 1. The number of rotatable bonds is 6. The van der Waals surface area contributed by atoms with E-state index in [2.05, 4.69) is 49.4 Å². The minimum absolute atomic E-state index is 0.359. The molecular weight excluding hydrogens is 330 g/mol. The highest BCUT2D eigenvalue weighted by Crippen LogP contribution is 2.15. The van der Waals surface area contributed by atoms with Crippen molar-refractivity contribution in [2.75, 3.05) is 6.54 Å². The standard InChI is InChI=1S/C18H29N7O/c1-4-19-18(20-11-14-10-15(13(2)3)24-26-14)21-12-17-23-22-16-8-6-5-7-9-25(16)17/h10,13H,4-9,11-12H2,1-3H3,(H2,19,20,21). The Labute approximate surface area is 154 Å². The first kappa shape index (κ1) is 18.4. The van der Waals surface area contributed by atoms with Gasteiger partial charge in [0, 0.05) is 25.6 Å². The maximum absolute atomic E-state index is 5.37. The molecule has 0 radical (unpaired) electrons. The number of fused-ring (bicyclic) bond motifs is 1. The maximum Gasteiger partial charge on any atom is 0.192 e. The first-order valence-corrected chi connectivity index (χ1v) is 9.56. The van der Waals surface area contributed by atoms with Gasteiger partial charge in [-0.2, -0.15) is 0 Å². The van der Waals surface area contributed by atoms with E-state index in [1.807, 2.05) is 13.0 Å². The summed E-state index contributed by atoms with van der Waals surface area (Å²) in [4.78, 5) is 4.66. The summed E-state index contributed by atoms with van der Waals surface area (Å²) >= 11 is 0. The van der Waals surface area contributed by atoms with Crippen LogP contribution in [0.3, 0.4) is 0 Å². The van der Waals surface area contributed by atoms with E-state index in [-0.39, 0.29) is 0 Å². The Bertz CT molecular complexity index is 732. The zero-order chi connectivity index (χ0) is 18.4. The molecule has 0 bridgehead atoms. The van der Waals surface area contributed by atoms with Crippen molar-refractivity contribution in [1.82, 2.24) is 30.6 Å². The van der Waals surface area contributed by atoms with Crippen LogP contribution in [0.15, 0.2) is 15.6 Å². The van der Waals surface area contributed by atoms with E-state index in [0.29, 0.717) is 19.0 Å². The summed E-state index contributed by atoms with van der Waals surface area (Å²) < 4.78 is 7.60. The molecule has 0 saturated heterocycles. The van der Waals surface area contributed by atoms with Crippen molar-refractivity contribution in [2.45, 2.75) is 72.0 Å². The number of nitrogens with one attached hydrogen (secondary N) is 2. The second-order valence-corrected chi connectivity index (χ2v) is 6.92. The highest BCUT2D eigenvalue weighted by molar-refractivity contribution is 5.79. The van der Waals surface area contributed by atoms with Gasteiger partial charge in [0.2, 0.25) is 0 Å². The third kappa shape index (κ3) is 4.62. The third-order valence-electron chi connectivity index (χ3n) is 4.51. The number of aryl methyl sites for hydroxylation is 1. The average molecular weight is 359 g/mol. The molecule has 2 N–H and O–H groups in total. The first-order valence-electron chi connectivity index (χ1n) is 9.56. The molecular formula is C18H29N7O. The van der Waals surface area contributed by atoms with Gasteiger partial charge in [-0.3, -0.25) is 0 Å². The summed E-state index contributed by atoms with van der Waals surface area (Å²) in [6.45, 7) is 9.08. The number of aliphatic imine (C=N–C) groups is 1. The quantitative estimate of drug-likeness (QED) is 0.607. The highest BCUT2D eigenvalue weighted by atomic mass is 16.5. The van der Waals surface area contributed by atoms with E-state index < -0.39 is 0 Å². The lowest BCUT2D eigenvalue weighted by atomic mass is 10.1. The van der Waals surface area contributed by atoms with Crippen molar-refractivity contribution < 1.29 is 4.52 Å². The smallest absolute Gasteiger partial charge is 0.192 e. The molecule has 0 saturated carbocycles. The summed E-state index contributed by atoms with van der Waals surface area (Å²) in [5.74, 6) is 3.92. The highest BCUT2D eigenvalue weighted by Gasteiger charge is 2.14. The van der Waals surface area contributed by atoms with Gasteiger partial charge >= 0.3 is 0 Å². The van der Waals surface area contributed by atoms with Crippen molar-refractivity contribution in [2.24, 2.45) is 4.99 Å². The predicted molar refractivity (Wildman–Crippen MR) is 99.8 cm³/mol. The van der Waals surface area contributed by atoms with Crippen LogP contribution in [0.2, 0.25) is 0 Å². The fourth-order valence-electron chi connectivity index (χ4n) is 3.01. The summed E-state index contributed by atoms with van der Waals surface area (Å²) in [5, 5.41) is 19.3. The van der Waals surface area contributed by atoms with Gasteiger partial charge in [-0.25, -0.2) is 4.99 Å². The van der Waals surface area contributed by atoms with E-state index in [9.17, 15) is 0 Å². The van der Waals surface area contributed by atoms with Crippen molar-refractivity contribution in [3.05, 3.63) is 29.2 Å². The van der Waals surface area contributed by atoms with E-state index >= 15 is 0 Å². The van der Waals surface area contributed by atoms with Crippen LogP contribution in [0, 0.1) is 0 Å². The Morgan fingerprint density at radius 2 is 2.15 bits per heavy atom. The van der Waals surface area contributed by atoms with E-state index in [4.69, 9.17) is 4.52 Å². The van der Waals surface area contributed by atoms with Gasteiger partial charge < -0.3 is 19.7 Å². The van der Waals surface area contributed by atoms with Crippen LogP contribution in [0.5, 0.6) is 0 Å². The SMILES string of the molecule is CCNC(=NCc1nnc2n1CCCCC2)NCc1cc(C(C)C)no1. The molecule has 0 amide bonds. The van der Waals surface area contributed by atoms with Crippen molar-refractivity contribution >= 4 is 5.96 Å². The van der Waals surface area contributed by atoms with Crippen LogP contribution < -0.4 is 10.6 Å². The van der Waals surface area contributed by atoms with Crippen molar-refractivity contribution in [1.29, 1.82) is 0 Å². The second-order valence-electron chi connectivity index (χ2n) is 6.92. The maximum atomic E-state index is 5.37. The molecule has 0 spiro atoms. The Hall–Kier alpha value is -2.38. The molecule has 0 atom stereocenters. The summed E-state index contributed by atoms with van der Waals surface area (Å²) in [6.07, 6.45) is 4.65. The lowest BCUT2D eigenvalue weighted by Gasteiger charge is -2.10. The van der Waals surface area contributed by atoms with E-state index in [1.165, 1.54) is 19.3 Å². The molecule has 2 aromatic rings. The zero-order valence-corrected chi connectivity index (χ0v) is 16.0. The van der Waals surface area contributed by atoms with Crippen LogP contribution in [0.4, 0.5) is 0 Å². The number of aromatic nitrogens is 4. The van der Waals surface area contributed by atoms with E-state index in [0.717, 1.165) is 48.6 Å². The number of hydrogen-bond acceptors (Lipinski definition) is 5. The van der Waals surface area contributed by atoms with Gasteiger partial charge in [0.1, 0.15) is 12.4 Å². The topological polar surface area (TPSA) is 93.2 Å². The summed E-state index contributed by atoms with van der Waals surface area (Å²) in [7, 11) is 0. The second kappa shape index (κ2) is 8.82. The third-order valence-corrected chi connectivity index (χ3v) is 4.51. The molecule has 26 heavy (non-hydrogen) atoms. The van der Waals surface area contributed by atoms with Gasteiger partial charge in [-0.05, 0) is 25.7 Å². The molecule has 0 aromatic carbocycles. The molecule has 0 unspecified atom stereocenters. The Morgan fingerprint density at radius 1 is 1.27 bits per heavy atom. The molecule has 8 nitrogen and oxygen atoms in total. The molecule has 2 aromatic heterocycles. The number of nitrogens with zero attached hydrogens (tertiary/aromatic N) is 5. The molecule has 1 aliphatic heterocycles. The molecule has 142 valence electrons. The van der Waals surface area contributed by atoms with Gasteiger partial charge in [0.15, 0.2) is 17.5 Å². The lowest BCUT2D eigenvalue weighted by Crippen LogP contribution is -2.36. The Kier molecular flexibility index (Phi) is 6.25. The van der Waals surface area contributed by atoms with Crippen LogP contribution in [-0.2, 0) is 26.1 Å². The lowest BCUT2D eigenvalue weighted by molar-refractivity contribution is 0.372. The minimum Gasteiger partial charge on any atom is -0.359 e. The first-order chi connectivity index (χ1) is 12.7. The normalized spacial score (nSPS) is 15.0. The molecule has 3 heterocycles. The fourth-order valence-corrected chi connectivity index (χ4v) is 3.01. The Balaban J connectivity index is 1.62. The molecule has 0 aliphatic carbocycles. The van der Waals surface area contributed by atoms with Gasteiger partial charge in [0.25, 0.3) is 0 Å². The largest absolute Gasteiger partial charge is 0.359 e. The van der Waals surface area contributed by atoms with Crippen LogP contribution in [0.1, 0.15) is 69.1 Å². The molecule has 0 fully saturated rings. The zero-order valence-electron chi connectivity index (χ0n) is 16.0. The Morgan fingerprint density at radius 3 is 2.92 bits per heavy atom. The summed E-state index contributed by atoms with van der Waals surface area (Å²) in [5.41, 5.74) is 0.967. The molecule has 1 aliphatic rings. The van der Waals surface area contributed by atoms with Crippen LogP contribution in [-0.4, -0.2) is 32.4 Å². The van der Waals surface area contributed by atoms with Gasteiger partial charge in [-0.1, -0.05) is 25.4 Å².